The number of benzene rings is 2. The molecule has 4 nitrogen and oxygen atoms in total. The highest BCUT2D eigenvalue weighted by Gasteiger charge is 2.20. The van der Waals surface area contributed by atoms with E-state index in [4.69, 9.17) is 14.2 Å². The van der Waals surface area contributed by atoms with Gasteiger partial charge in [-0.1, -0.05) is 63.8 Å². The zero-order valence-electron chi connectivity index (χ0n) is 19.9. The second-order valence-electron chi connectivity index (χ2n) is 8.18. The van der Waals surface area contributed by atoms with Gasteiger partial charge < -0.3 is 14.2 Å². The van der Waals surface area contributed by atoms with Crippen LogP contribution in [0.3, 0.4) is 0 Å². The van der Waals surface area contributed by atoms with Gasteiger partial charge in [-0.25, -0.2) is 13.6 Å². The van der Waals surface area contributed by atoms with E-state index in [1.165, 1.54) is 6.42 Å². The van der Waals surface area contributed by atoms with Crippen LogP contribution in [0.15, 0.2) is 48.5 Å². The van der Waals surface area contributed by atoms with Crippen LogP contribution in [0, 0.1) is 0 Å². The van der Waals surface area contributed by atoms with Gasteiger partial charge in [0.05, 0.1) is 0 Å². The average Bonchev–Trinajstić information content (AvgIpc) is 2.83. The molecule has 0 heterocycles. The molecule has 0 saturated heterocycles. The maximum Gasteiger partial charge on any atom is 0.340 e. The number of carbonyl (C=O) groups excluding carboxylic acids is 1. The van der Waals surface area contributed by atoms with Crippen LogP contribution in [-0.2, 0) is 9.53 Å². The van der Waals surface area contributed by atoms with E-state index in [1.807, 2.05) is 31.2 Å². The lowest BCUT2D eigenvalue weighted by Gasteiger charge is -2.14. The van der Waals surface area contributed by atoms with Crippen molar-refractivity contribution in [3.63, 3.8) is 0 Å². The third-order valence-electron chi connectivity index (χ3n) is 5.32. The number of hydrogen-bond donors (Lipinski definition) is 0. The van der Waals surface area contributed by atoms with Gasteiger partial charge in [-0.05, 0) is 55.2 Å². The van der Waals surface area contributed by atoms with E-state index in [9.17, 15) is 13.6 Å². The average molecular weight is 463 g/mol. The lowest BCUT2D eigenvalue weighted by atomic mass is 10.1. The van der Waals surface area contributed by atoms with E-state index in [-0.39, 0.29) is 13.0 Å². The molecule has 0 radical (unpaired) electrons. The predicted octanol–water partition coefficient (Wildman–Crippen LogP) is 7.10. The molecule has 0 aromatic heterocycles. The number of halogens is 2. The normalized spacial score (nSPS) is 13.8. The second-order valence-corrected chi connectivity index (χ2v) is 8.18. The second kappa shape index (κ2) is 14.6. The number of rotatable bonds is 15. The highest BCUT2D eigenvalue weighted by Crippen LogP contribution is 2.25. The van der Waals surface area contributed by atoms with E-state index in [0.29, 0.717) is 24.5 Å². The molecule has 6 heteroatoms. The maximum absolute atomic E-state index is 13.8. The number of ether oxygens (including phenoxy) is 3. The minimum Gasteiger partial charge on any atom is -0.490 e. The number of hydrogen-bond acceptors (Lipinski definition) is 4. The summed E-state index contributed by atoms with van der Waals surface area (Å²) in [6, 6.07) is 14.3. The molecule has 0 fully saturated rings. The van der Waals surface area contributed by atoms with Crippen molar-refractivity contribution in [2.45, 2.75) is 77.7 Å². The molecule has 0 aliphatic heterocycles. The third kappa shape index (κ3) is 9.50. The summed E-state index contributed by atoms with van der Waals surface area (Å²) in [7, 11) is 0. The molecule has 0 bridgehead atoms. The van der Waals surface area contributed by atoms with Gasteiger partial charge in [0.2, 0.25) is 0 Å². The molecule has 0 unspecified atom stereocenters. The molecule has 2 rings (SSSR count). The first-order valence-corrected chi connectivity index (χ1v) is 11.9. The zero-order chi connectivity index (χ0) is 24.1. The first kappa shape index (κ1) is 26.8. The molecule has 0 N–H and O–H groups in total. The summed E-state index contributed by atoms with van der Waals surface area (Å²) in [5.74, 6) is 0.520. The van der Waals surface area contributed by atoms with Gasteiger partial charge in [0, 0.05) is 6.61 Å². The largest absolute Gasteiger partial charge is 0.490 e. The molecular weight excluding hydrogens is 426 g/mol. The molecule has 2 aromatic rings. The van der Waals surface area contributed by atoms with Gasteiger partial charge in [0.15, 0.2) is 12.3 Å². The quantitative estimate of drug-likeness (QED) is 0.161. The van der Waals surface area contributed by atoms with Gasteiger partial charge in [0.1, 0.15) is 24.3 Å². The van der Waals surface area contributed by atoms with Crippen molar-refractivity contribution in [1.82, 2.24) is 0 Å². The van der Waals surface area contributed by atoms with Gasteiger partial charge in [-0.3, -0.25) is 0 Å². The van der Waals surface area contributed by atoms with E-state index in [2.05, 4.69) is 6.92 Å². The first-order valence-electron chi connectivity index (χ1n) is 11.9. The van der Waals surface area contributed by atoms with Crippen molar-refractivity contribution in [1.29, 1.82) is 0 Å². The fraction of sp³-hybridized carbons (Fsp3) is 0.519. The molecule has 182 valence electrons. The molecule has 0 aliphatic carbocycles. The van der Waals surface area contributed by atoms with Crippen molar-refractivity contribution >= 4 is 5.97 Å². The maximum atomic E-state index is 13.8. The highest BCUT2D eigenvalue weighted by molar-refractivity contribution is 5.77. The molecule has 2 aromatic carbocycles. The fourth-order valence-corrected chi connectivity index (χ4v) is 3.25. The standard InChI is InChI=1S/C27H36F2O4/c1-4-6-7-8-18-31-20(3)27(30)33-24-16-12-22(13-17-24)21-10-14-23(15-11-21)32-19-26(29)25(28)9-5-2/h10-17,20,25-26H,4-9,18-19H2,1-3H3/t20-,25+,26+/m0/s1. The third-order valence-corrected chi connectivity index (χ3v) is 5.32. The minimum absolute atomic E-state index is 0.194. The Bertz CT molecular complexity index is 808. The van der Waals surface area contributed by atoms with E-state index < -0.39 is 24.4 Å². The van der Waals surface area contributed by atoms with Crippen molar-refractivity contribution in [2.24, 2.45) is 0 Å². The summed E-state index contributed by atoms with van der Waals surface area (Å²) in [5, 5.41) is 0. The Kier molecular flexibility index (Phi) is 11.9. The van der Waals surface area contributed by atoms with Gasteiger partial charge in [-0.15, -0.1) is 0 Å². The van der Waals surface area contributed by atoms with Crippen LogP contribution in [-0.4, -0.2) is 37.6 Å². The summed E-state index contributed by atoms with van der Waals surface area (Å²) in [6.45, 7) is 5.91. The van der Waals surface area contributed by atoms with Crippen molar-refractivity contribution in [2.75, 3.05) is 13.2 Å². The van der Waals surface area contributed by atoms with Crippen LogP contribution >= 0.6 is 0 Å². The minimum atomic E-state index is -1.63. The van der Waals surface area contributed by atoms with E-state index in [0.717, 1.165) is 30.4 Å². The van der Waals surface area contributed by atoms with Crippen molar-refractivity contribution < 1.29 is 27.8 Å². The van der Waals surface area contributed by atoms with Crippen molar-refractivity contribution in [3.05, 3.63) is 48.5 Å². The summed E-state index contributed by atoms with van der Waals surface area (Å²) in [6.07, 6.45) is 1.41. The number of alkyl halides is 2. The molecule has 0 saturated carbocycles. The first-order chi connectivity index (χ1) is 15.9. The summed E-state index contributed by atoms with van der Waals surface area (Å²) in [5.41, 5.74) is 1.85. The monoisotopic (exact) mass is 462 g/mol. The molecule has 33 heavy (non-hydrogen) atoms. The Morgan fingerprint density at radius 3 is 2.00 bits per heavy atom. The van der Waals surface area contributed by atoms with Crippen LogP contribution in [0.1, 0.15) is 59.3 Å². The Balaban J connectivity index is 1.82. The highest BCUT2D eigenvalue weighted by atomic mass is 19.2. The predicted molar refractivity (Wildman–Crippen MR) is 127 cm³/mol. The van der Waals surface area contributed by atoms with Crippen LogP contribution in [0.4, 0.5) is 8.78 Å². The zero-order valence-corrected chi connectivity index (χ0v) is 19.9. The van der Waals surface area contributed by atoms with Gasteiger partial charge >= 0.3 is 5.97 Å². The van der Waals surface area contributed by atoms with Crippen LogP contribution < -0.4 is 9.47 Å². The number of esters is 1. The lowest BCUT2D eigenvalue weighted by molar-refractivity contribution is -0.146. The Labute approximate surface area is 196 Å². The number of carbonyl (C=O) groups is 1. The Hall–Kier alpha value is -2.47. The Morgan fingerprint density at radius 1 is 0.818 bits per heavy atom. The molecular formula is C27H36F2O4. The lowest BCUT2D eigenvalue weighted by Crippen LogP contribution is -2.26. The van der Waals surface area contributed by atoms with Crippen LogP contribution in [0.2, 0.25) is 0 Å². The molecule has 0 amide bonds. The summed E-state index contributed by atoms with van der Waals surface area (Å²) in [4.78, 5) is 12.2. The number of unbranched alkanes of at least 4 members (excludes halogenated alkanes) is 3. The van der Waals surface area contributed by atoms with Crippen LogP contribution in [0.5, 0.6) is 11.5 Å². The molecule has 0 aliphatic rings. The van der Waals surface area contributed by atoms with E-state index >= 15 is 0 Å². The van der Waals surface area contributed by atoms with Gasteiger partial charge in [0.25, 0.3) is 0 Å². The molecule has 3 atom stereocenters. The topological polar surface area (TPSA) is 44.8 Å². The van der Waals surface area contributed by atoms with Gasteiger partial charge in [-0.2, -0.15) is 0 Å². The summed E-state index contributed by atoms with van der Waals surface area (Å²) >= 11 is 0. The SMILES string of the molecule is CCCCCCO[C@@H](C)C(=O)Oc1ccc(-c2ccc(OC[C@@H](F)[C@H](F)CCC)cc2)cc1. The Morgan fingerprint density at radius 2 is 1.42 bits per heavy atom. The fourth-order valence-electron chi connectivity index (χ4n) is 3.25. The van der Waals surface area contributed by atoms with Crippen LogP contribution in [0.25, 0.3) is 11.1 Å². The molecule has 0 spiro atoms. The van der Waals surface area contributed by atoms with Crippen molar-refractivity contribution in [3.8, 4) is 22.6 Å². The summed E-state index contributed by atoms with van der Waals surface area (Å²) < 4.78 is 43.6. The van der Waals surface area contributed by atoms with E-state index in [1.54, 1.807) is 31.2 Å². The smallest absolute Gasteiger partial charge is 0.340 e.